The first-order valence-electron chi connectivity index (χ1n) is 12.9. The number of likely N-dealkylation sites (N-methyl/N-ethyl adjacent to an activating group) is 1. The molecule has 2 aromatic carbocycles. The molecule has 2 aromatic heterocycles. The molecule has 11 heteroatoms. The van der Waals surface area contributed by atoms with Crippen molar-refractivity contribution >= 4 is 40.0 Å². The fraction of sp³-hybridized carbons (Fsp3) is 0.276. The van der Waals surface area contributed by atoms with Crippen LogP contribution in [0.2, 0.25) is 0 Å². The van der Waals surface area contributed by atoms with E-state index in [0.717, 1.165) is 31.3 Å². The largest absolute Gasteiger partial charge is 0.370 e. The van der Waals surface area contributed by atoms with Gasteiger partial charge in [0.15, 0.2) is 0 Å². The smallest absolute Gasteiger partial charge is 0.315 e. The van der Waals surface area contributed by atoms with Crippen LogP contribution in [0.3, 0.4) is 0 Å². The number of rotatable bonds is 10. The van der Waals surface area contributed by atoms with Gasteiger partial charge in [0.2, 0.25) is 11.9 Å². The zero-order chi connectivity index (χ0) is 28.3. The van der Waals surface area contributed by atoms with Crippen LogP contribution in [0.5, 0.6) is 0 Å². The van der Waals surface area contributed by atoms with Crippen LogP contribution in [0, 0.1) is 0 Å². The van der Waals surface area contributed by atoms with Crippen molar-refractivity contribution in [1.29, 1.82) is 0 Å². The van der Waals surface area contributed by atoms with Gasteiger partial charge in [-0.3, -0.25) is 9.69 Å². The Labute approximate surface area is 229 Å². The summed E-state index contributed by atoms with van der Waals surface area (Å²) >= 11 is 0. The number of hydrogen-bond donors (Lipinski definition) is 3. The van der Waals surface area contributed by atoms with Crippen molar-refractivity contribution < 1.29 is 18.0 Å². The number of benzene rings is 2. The number of carbonyl (C=O) groups excluding carboxylic acids is 1. The van der Waals surface area contributed by atoms with Gasteiger partial charge in [-0.25, -0.2) is 9.37 Å². The highest BCUT2D eigenvalue weighted by atomic mass is 19.3. The molecule has 3 N–H and O–H groups in total. The lowest BCUT2D eigenvalue weighted by Crippen LogP contribution is -2.35. The first kappa shape index (κ1) is 27.2. The fourth-order valence-corrected chi connectivity index (χ4v) is 4.93. The van der Waals surface area contributed by atoms with E-state index in [-0.39, 0.29) is 40.9 Å². The van der Waals surface area contributed by atoms with Gasteiger partial charge < -0.3 is 20.5 Å². The maximum Gasteiger partial charge on any atom is 0.315 e. The van der Waals surface area contributed by atoms with E-state index in [1.165, 1.54) is 36.5 Å². The number of aromatic nitrogens is 3. The molecule has 1 aliphatic rings. The predicted octanol–water partition coefficient (Wildman–Crippen LogP) is 5.45. The molecule has 1 fully saturated rings. The average molecular weight is 550 g/mol. The quantitative estimate of drug-likeness (QED) is 0.228. The maximum absolute atomic E-state index is 15.9. The summed E-state index contributed by atoms with van der Waals surface area (Å²) < 4.78 is 44.5. The molecule has 0 spiro atoms. The molecule has 0 bridgehead atoms. The summed E-state index contributed by atoms with van der Waals surface area (Å²) in [6.07, 6.45) is 3.56. The van der Waals surface area contributed by atoms with E-state index in [4.69, 9.17) is 0 Å². The summed E-state index contributed by atoms with van der Waals surface area (Å²) in [5, 5.41) is 5.74. The molecular weight excluding hydrogens is 519 g/mol. The van der Waals surface area contributed by atoms with E-state index >= 15 is 8.78 Å². The summed E-state index contributed by atoms with van der Waals surface area (Å²) in [5.74, 6) is -3.97. The monoisotopic (exact) mass is 549 g/mol. The second kappa shape index (κ2) is 11.4. The Bertz CT molecular complexity index is 1510. The fourth-order valence-electron chi connectivity index (χ4n) is 4.93. The second-order valence-corrected chi connectivity index (χ2v) is 9.70. The number of nitrogens with one attached hydrogen (secondary N) is 3. The molecule has 1 unspecified atom stereocenters. The Morgan fingerprint density at radius 3 is 2.75 bits per heavy atom. The van der Waals surface area contributed by atoms with Crippen LogP contribution in [0.4, 0.5) is 36.2 Å². The number of hydrogen-bond acceptors (Lipinski definition) is 6. The van der Waals surface area contributed by atoms with Gasteiger partial charge in [0.25, 0.3) is 0 Å². The molecule has 1 aliphatic heterocycles. The van der Waals surface area contributed by atoms with Crippen LogP contribution in [0.1, 0.15) is 17.7 Å². The number of amides is 1. The van der Waals surface area contributed by atoms with Gasteiger partial charge >= 0.3 is 5.92 Å². The summed E-state index contributed by atoms with van der Waals surface area (Å²) in [6.45, 7) is 5.18. The molecule has 3 heterocycles. The van der Waals surface area contributed by atoms with Crippen LogP contribution >= 0.6 is 0 Å². The Morgan fingerprint density at radius 2 is 2.00 bits per heavy atom. The number of aromatic amines is 1. The van der Waals surface area contributed by atoms with E-state index < -0.39 is 17.5 Å². The van der Waals surface area contributed by atoms with Gasteiger partial charge in [0.1, 0.15) is 18.0 Å². The van der Waals surface area contributed by atoms with Crippen molar-refractivity contribution in [1.82, 2.24) is 19.9 Å². The lowest BCUT2D eigenvalue weighted by molar-refractivity contribution is -0.111. The first-order valence-corrected chi connectivity index (χ1v) is 12.9. The SMILES string of the molecule is C=CC(=O)Nc1cccc(C(F)(F)c2nc(Nc3ccc(N(C)C4CCN(CCF)C4)cc3)nc3[nH]ccc23)c1. The third-order valence-corrected chi connectivity index (χ3v) is 7.12. The Balaban J connectivity index is 1.38. The van der Waals surface area contributed by atoms with E-state index in [1.807, 2.05) is 31.3 Å². The predicted molar refractivity (Wildman–Crippen MR) is 151 cm³/mol. The van der Waals surface area contributed by atoms with Gasteiger partial charge in [-0.2, -0.15) is 13.8 Å². The van der Waals surface area contributed by atoms with Gasteiger partial charge in [-0.05, 0) is 55.0 Å². The molecule has 208 valence electrons. The molecule has 0 radical (unpaired) electrons. The standard InChI is InChI=1S/C29H30F3N7O/c1-3-25(40)34-21-6-4-5-19(17-21)29(31,32)26-24-11-14-33-27(24)37-28(36-26)35-20-7-9-22(10-8-20)38(2)23-12-15-39(18-23)16-13-30/h3-11,14,17,23H,1,12-13,15-16,18H2,2H3,(H,34,40)(H2,33,35,36,37). The average Bonchev–Trinajstić information content (AvgIpc) is 3.63. The number of nitrogens with zero attached hydrogens (tertiary/aromatic N) is 4. The van der Waals surface area contributed by atoms with Crippen LogP contribution in [0.15, 0.2) is 73.4 Å². The number of likely N-dealkylation sites (tertiary alicyclic amines) is 1. The highest BCUT2D eigenvalue weighted by molar-refractivity contribution is 5.98. The van der Waals surface area contributed by atoms with Crippen LogP contribution in [-0.4, -0.2) is 65.2 Å². The Morgan fingerprint density at radius 1 is 1.20 bits per heavy atom. The number of fused-ring (bicyclic) bond motifs is 1. The van der Waals surface area contributed by atoms with Crippen LogP contribution in [-0.2, 0) is 10.7 Å². The third-order valence-electron chi connectivity index (χ3n) is 7.12. The Hall–Kier alpha value is -4.38. The van der Waals surface area contributed by atoms with Crippen LogP contribution in [0.25, 0.3) is 11.0 Å². The molecule has 4 aromatic rings. The lowest BCUT2D eigenvalue weighted by Gasteiger charge is -2.27. The summed E-state index contributed by atoms with van der Waals surface area (Å²) in [6, 6.07) is 14.8. The normalized spacial score (nSPS) is 15.8. The summed E-state index contributed by atoms with van der Waals surface area (Å²) in [5.41, 5.74) is 1.32. The van der Waals surface area contributed by atoms with Crippen molar-refractivity contribution in [3.05, 3.63) is 84.7 Å². The van der Waals surface area contributed by atoms with Gasteiger partial charge in [-0.15, -0.1) is 0 Å². The number of carbonyl (C=O) groups is 1. The molecule has 5 rings (SSSR count). The Kier molecular flexibility index (Phi) is 7.74. The molecular formula is C29H30F3N7O. The summed E-state index contributed by atoms with van der Waals surface area (Å²) in [7, 11) is 2.01. The van der Waals surface area contributed by atoms with Crippen molar-refractivity contribution in [2.45, 2.75) is 18.4 Å². The molecule has 1 saturated heterocycles. The number of anilines is 4. The number of H-pyrrole nitrogens is 1. The number of halogens is 3. The highest BCUT2D eigenvalue weighted by Crippen LogP contribution is 2.39. The van der Waals surface area contributed by atoms with E-state index in [9.17, 15) is 9.18 Å². The molecule has 1 atom stereocenters. The minimum atomic E-state index is -3.49. The van der Waals surface area contributed by atoms with E-state index in [0.29, 0.717) is 12.2 Å². The van der Waals surface area contributed by atoms with E-state index in [2.05, 4.69) is 42.0 Å². The van der Waals surface area contributed by atoms with Crippen molar-refractivity contribution in [3.8, 4) is 0 Å². The zero-order valence-corrected chi connectivity index (χ0v) is 22.0. The van der Waals surface area contributed by atoms with Gasteiger partial charge in [0, 0.05) is 66.9 Å². The third kappa shape index (κ3) is 5.64. The molecule has 1 amide bonds. The minimum Gasteiger partial charge on any atom is -0.370 e. The maximum atomic E-state index is 15.9. The molecule has 40 heavy (non-hydrogen) atoms. The molecule has 8 nitrogen and oxygen atoms in total. The van der Waals surface area contributed by atoms with Crippen molar-refractivity contribution in [2.75, 3.05) is 48.9 Å². The zero-order valence-electron chi connectivity index (χ0n) is 22.0. The topological polar surface area (TPSA) is 89.2 Å². The van der Waals surface area contributed by atoms with Crippen LogP contribution < -0.4 is 15.5 Å². The number of alkyl halides is 3. The van der Waals surface area contributed by atoms with Crippen molar-refractivity contribution in [2.24, 2.45) is 0 Å². The van der Waals surface area contributed by atoms with Crippen molar-refractivity contribution in [3.63, 3.8) is 0 Å². The lowest BCUT2D eigenvalue weighted by atomic mass is 10.0. The highest BCUT2D eigenvalue weighted by Gasteiger charge is 2.38. The minimum absolute atomic E-state index is 0.0134. The second-order valence-electron chi connectivity index (χ2n) is 9.70. The first-order chi connectivity index (χ1) is 19.3. The van der Waals surface area contributed by atoms with E-state index in [1.54, 1.807) is 0 Å². The summed E-state index contributed by atoms with van der Waals surface area (Å²) in [4.78, 5) is 27.5. The molecule has 0 aliphatic carbocycles. The van der Waals surface area contributed by atoms with Gasteiger partial charge in [0.05, 0.1) is 0 Å². The molecule has 0 saturated carbocycles. The van der Waals surface area contributed by atoms with Gasteiger partial charge in [-0.1, -0.05) is 18.7 Å².